The number of hydrogen-bond donors (Lipinski definition) is 2. The third kappa shape index (κ3) is 5.70. The van der Waals surface area contributed by atoms with Gasteiger partial charge in [0.25, 0.3) is 0 Å². The van der Waals surface area contributed by atoms with Gasteiger partial charge in [0.05, 0.1) is 7.11 Å². The maximum absolute atomic E-state index is 5.38. The summed E-state index contributed by atoms with van der Waals surface area (Å²) in [7, 11) is 5.84. The van der Waals surface area contributed by atoms with Gasteiger partial charge in [-0.3, -0.25) is 0 Å². The van der Waals surface area contributed by atoms with E-state index in [1.54, 1.807) is 7.11 Å². The molecule has 2 N–H and O–H groups in total. The molecule has 0 aliphatic heterocycles. The van der Waals surface area contributed by atoms with Crippen molar-refractivity contribution in [1.29, 1.82) is 0 Å². The van der Waals surface area contributed by atoms with Crippen LogP contribution in [0.5, 0.6) is 5.75 Å². The minimum atomic E-state index is 0.653. The predicted molar refractivity (Wildman–Crippen MR) is 98.8 cm³/mol. The summed E-state index contributed by atoms with van der Waals surface area (Å²) in [6, 6.07) is 9.91. The predicted octanol–water partition coefficient (Wildman–Crippen LogP) is 2.77. The fourth-order valence-electron chi connectivity index (χ4n) is 2.40. The average molecular weight is 329 g/mol. The SMILES string of the molecule is COc1ccccc1CNc1cc(NCCCN(C)C)nc(C)n1. The maximum atomic E-state index is 5.38. The molecule has 6 nitrogen and oxygen atoms in total. The molecule has 0 radical (unpaired) electrons. The molecule has 2 aromatic rings. The van der Waals surface area contributed by atoms with E-state index >= 15 is 0 Å². The molecule has 0 spiro atoms. The van der Waals surface area contributed by atoms with Crippen molar-refractivity contribution in [2.45, 2.75) is 19.9 Å². The monoisotopic (exact) mass is 329 g/mol. The summed E-state index contributed by atoms with van der Waals surface area (Å²) in [5.74, 6) is 3.28. The summed E-state index contributed by atoms with van der Waals surface area (Å²) in [6.45, 7) is 4.50. The van der Waals surface area contributed by atoms with Crippen molar-refractivity contribution in [3.63, 3.8) is 0 Å². The molecule has 1 aromatic carbocycles. The molecule has 0 amide bonds. The summed E-state index contributed by atoms with van der Waals surface area (Å²) in [5, 5.41) is 6.71. The van der Waals surface area contributed by atoms with Crippen LogP contribution in [0.1, 0.15) is 17.8 Å². The smallest absolute Gasteiger partial charge is 0.132 e. The van der Waals surface area contributed by atoms with E-state index in [9.17, 15) is 0 Å². The molecule has 130 valence electrons. The maximum Gasteiger partial charge on any atom is 0.132 e. The summed E-state index contributed by atoms with van der Waals surface area (Å²) >= 11 is 0. The standard InChI is InChI=1S/C18H27N5O/c1-14-21-17(19-10-7-11-23(2)3)12-18(22-14)20-13-15-8-5-6-9-16(15)24-4/h5-6,8-9,12H,7,10-11,13H2,1-4H3,(H2,19,20,21,22). The Hall–Kier alpha value is -2.34. The number of aryl methyl sites for hydroxylation is 1. The number of anilines is 2. The van der Waals surface area contributed by atoms with Gasteiger partial charge in [-0.15, -0.1) is 0 Å². The Balaban J connectivity index is 1.95. The highest BCUT2D eigenvalue weighted by Crippen LogP contribution is 2.19. The number of benzene rings is 1. The van der Waals surface area contributed by atoms with E-state index in [0.717, 1.165) is 48.3 Å². The van der Waals surface area contributed by atoms with Crippen LogP contribution in [0.4, 0.5) is 11.6 Å². The fraction of sp³-hybridized carbons (Fsp3) is 0.444. The lowest BCUT2D eigenvalue weighted by Crippen LogP contribution is -2.17. The number of nitrogens with zero attached hydrogens (tertiary/aromatic N) is 3. The number of rotatable bonds is 9. The second kappa shape index (κ2) is 9.08. The molecule has 0 fully saturated rings. The lowest BCUT2D eigenvalue weighted by Gasteiger charge is -2.13. The first-order valence-corrected chi connectivity index (χ1v) is 8.18. The van der Waals surface area contributed by atoms with Gasteiger partial charge in [0, 0.05) is 24.7 Å². The second-order valence-electron chi connectivity index (χ2n) is 5.93. The molecule has 1 heterocycles. The number of hydrogen-bond acceptors (Lipinski definition) is 6. The van der Waals surface area contributed by atoms with Gasteiger partial charge in [-0.25, -0.2) is 9.97 Å². The molecule has 0 aliphatic rings. The Morgan fingerprint density at radius 1 is 1.08 bits per heavy atom. The van der Waals surface area contributed by atoms with Crippen LogP contribution < -0.4 is 15.4 Å². The lowest BCUT2D eigenvalue weighted by molar-refractivity contribution is 0.405. The average Bonchev–Trinajstić information content (AvgIpc) is 2.56. The highest BCUT2D eigenvalue weighted by Gasteiger charge is 2.05. The minimum Gasteiger partial charge on any atom is -0.496 e. The second-order valence-corrected chi connectivity index (χ2v) is 5.93. The molecular weight excluding hydrogens is 302 g/mol. The largest absolute Gasteiger partial charge is 0.496 e. The van der Waals surface area contributed by atoms with Crippen molar-refractivity contribution in [3.8, 4) is 5.75 Å². The van der Waals surface area contributed by atoms with Gasteiger partial charge in [0.2, 0.25) is 0 Å². The van der Waals surface area contributed by atoms with Crippen molar-refractivity contribution in [3.05, 3.63) is 41.7 Å². The molecule has 0 saturated carbocycles. The molecule has 2 rings (SSSR count). The van der Waals surface area contributed by atoms with E-state index < -0.39 is 0 Å². The van der Waals surface area contributed by atoms with Crippen LogP contribution in [-0.4, -0.2) is 49.2 Å². The zero-order valence-corrected chi connectivity index (χ0v) is 15.0. The van der Waals surface area contributed by atoms with Gasteiger partial charge >= 0.3 is 0 Å². The van der Waals surface area contributed by atoms with E-state index in [2.05, 4.69) is 39.6 Å². The normalized spacial score (nSPS) is 10.7. The Kier molecular flexibility index (Phi) is 6.81. The summed E-state index contributed by atoms with van der Waals surface area (Å²) in [6.07, 6.45) is 1.07. The first kappa shape index (κ1) is 18.0. The number of methoxy groups -OCH3 is 1. The molecule has 0 unspecified atom stereocenters. The van der Waals surface area contributed by atoms with Crippen LogP contribution in [0, 0.1) is 6.92 Å². The van der Waals surface area contributed by atoms with Gasteiger partial charge < -0.3 is 20.3 Å². The van der Waals surface area contributed by atoms with E-state index in [1.807, 2.05) is 37.3 Å². The molecule has 0 aliphatic carbocycles. The first-order valence-electron chi connectivity index (χ1n) is 8.18. The number of nitrogens with one attached hydrogen (secondary N) is 2. The van der Waals surface area contributed by atoms with Crippen molar-refractivity contribution < 1.29 is 4.74 Å². The third-order valence-corrected chi connectivity index (χ3v) is 3.58. The highest BCUT2D eigenvalue weighted by molar-refractivity contribution is 5.48. The van der Waals surface area contributed by atoms with E-state index in [-0.39, 0.29) is 0 Å². The topological polar surface area (TPSA) is 62.3 Å². The van der Waals surface area contributed by atoms with Crippen molar-refractivity contribution in [1.82, 2.24) is 14.9 Å². The lowest BCUT2D eigenvalue weighted by atomic mass is 10.2. The first-order chi connectivity index (χ1) is 11.6. The van der Waals surface area contributed by atoms with E-state index in [4.69, 9.17) is 4.74 Å². The summed E-state index contributed by atoms with van der Waals surface area (Å²) < 4.78 is 5.38. The zero-order chi connectivity index (χ0) is 17.4. The molecular formula is C18H27N5O. The molecule has 6 heteroatoms. The van der Waals surface area contributed by atoms with Crippen molar-refractivity contribution in [2.75, 3.05) is 44.9 Å². The number of para-hydroxylation sites is 1. The zero-order valence-electron chi connectivity index (χ0n) is 15.0. The van der Waals surface area contributed by atoms with Crippen molar-refractivity contribution >= 4 is 11.6 Å². The van der Waals surface area contributed by atoms with Crippen LogP contribution in [-0.2, 0) is 6.54 Å². The Labute approximate surface area is 144 Å². The molecule has 0 atom stereocenters. The van der Waals surface area contributed by atoms with E-state index in [0.29, 0.717) is 6.54 Å². The Morgan fingerprint density at radius 3 is 2.50 bits per heavy atom. The Morgan fingerprint density at radius 2 is 1.79 bits per heavy atom. The third-order valence-electron chi connectivity index (χ3n) is 3.58. The Bertz CT molecular complexity index is 645. The van der Waals surface area contributed by atoms with Crippen LogP contribution >= 0.6 is 0 Å². The van der Waals surface area contributed by atoms with Gasteiger partial charge in [-0.05, 0) is 40.1 Å². The van der Waals surface area contributed by atoms with E-state index in [1.165, 1.54) is 0 Å². The molecule has 24 heavy (non-hydrogen) atoms. The van der Waals surface area contributed by atoms with Gasteiger partial charge in [0.15, 0.2) is 0 Å². The number of ether oxygens (including phenoxy) is 1. The van der Waals surface area contributed by atoms with Gasteiger partial charge in [-0.2, -0.15) is 0 Å². The highest BCUT2D eigenvalue weighted by atomic mass is 16.5. The van der Waals surface area contributed by atoms with Gasteiger partial charge in [0.1, 0.15) is 23.2 Å². The van der Waals surface area contributed by atoms with Crippen LogP contribution in [0.2, 0.25) is 0 Å². The molecule has 0 bridgehead atoms. The minimum absolute atomic E-state index is 0.653. The fourth-order valence-corrected chi connectivity index (χ4v) is 2.40. The number of aromatic nitrogens is 2. The molecule has 1 aromatic heterocycles. The summed E-state index contributed by atoms with van der Waals surface area (Å²) in [4.78, 5) is 11.1. The van der Waals surface area contributed by atoms with Crippen LogP contribution in [0.25, 0.3) is 0 Å². The van der Waals surface area contributed by atoms with Crippen molar-refractivity contribution in [2.24, 2.45) is 0 Å². The quantitative estimate of drug-likeness (QED) is 0.690. The molecule has 0 saturated heterocycles. The van der Waals surface area contributed by atoms with Crippen LogP contribution in [0.3, 0.4) is 0 Å². The van der Waals surface area contributed by atoms with Crippen LogP contribution in [0.15, 0.2) is 30.3 Å². The summed E-state index contributed by atoms with van der Waals surface area (Å²) in [5.41, 5.74) is 1.09. The van der Waals surface area contributed by atoms with Gasteiger partial charge in [-0.1, -0.05) is 18.2 Å².